The number of ether oxygens (including phenoxy) is 1. The van der Waals surface area contributed by atoms with Crippen LogP contribution < -0.4 is 10.6 Å². The van der Waals surface area contributed by atoms with Gasteiger partial charge >= 0.3 is 17.8 Å². The second-order valence-electron chi connectivity index (χ2n) is 7.21. The van der Waals surface area contributed by atoms with Crippen LogP contribution in [0.5, 0.6) is 0 Å². The highest BCUT2D eigenvalue weighted by Gasteiger charge is 2.64. The van der Waals surface area contributed by atoms with E-state index in [1.165, 1.54) is 24.3 Å². The number of nitrogens with one attached hydrogen (secondary N) is 2. The molecule has 0 radical (unpaired) electrons. The van der Waals surface area contributed by atoms with E-state index >= 15 is 0 Å². The van der Waals surface area contributed by atoms with Crippen molar-refractivity contribution in [2.45, 2.75) is 43.9 Å². The van der Waals surface area contributed by atoms with Gasteiger partial charge in [-0.2, -0.15) is 18.4 Å². The van der Waals surface area contributed by atoms with E-state index in [0.717, 1.165) is 42.6 Å². The first-order valence-corrected chi connectivity index (χ1v) is 10.9. The van der Waals surface area contributed by atoms with E-state index in [1.807, 2.05) is 6.07 Å². The molecular weight excluding hydrogens is 467 g/mol. The molecule has 0 saturated heterocycles. The van der Waals surface area contributed by atoms with Crippen LogP contribution in [0, 0.1) is 11.3 Å². The van der Waals surface area contributed by atoms with Gasteiger partial charge in [-0.15, -0.1) is 11.3 Å². The first kappa shape index (κ1) is 23.9. The molecule has 0 unspecified atom stereocenters. The Hall–Kier alpha value is -2.77. The minimum atomic E-state index is -5.30. The van der Waals surface area contributed by atoms with Crippen LogP contribution in [0.1, 0.15) is 45.6 Å². The van der Waals surface area contributed by atoms with E-state index in [0.29, 0.717) is 18.4 Å². The predicted octanol–water partition coefficient (Wildman–Crippen LogP) is 4.82. The topological polar surface area (TPSA) is 91.2 Å². The van der Waals surface area contributed by atoms with Gasteiger partial charge in [0.1, 0.15) is 11.1 Å². The lowest BCUT2D eigenvalue weighted by atomic mass is 10.0. The van der Waals surface area contributed by atoms with Crippen LogP contribution in [0.2, 0.25) is 5.02 Å². The second-order valence-corrected chi connectivity index (χ2v) is 8.75. The molecule has 2 aromatic rings. The number of methoxy groups -OCH3 is 1. The van der Waals surface area contributed by atoms with Gasteiger partial charge in [0.15, 0.2) is 0 Å². The summed E-state index contributed by atoms with van der Waals surface area (Å²) in [6.07, 6.45) is -1.48. The van der Waals surface area contributed by atoms with Gasteiger partial charge in [0, 0.05) is 15.5 Å². The first-order valence-electron chi connectivity index (χ1n) is 9.69. The molecular formula is C21H19ClF3N3O3S. The number of alkyl halides is 3. The Balaban J connectivity index is 2.08. The number of thiophene rings is 1. The molecule has 1 amide bonds. The Morgan fingerprint density at radius 1 is 1.16 bits per heavy atom. The molecule has 0 aliphatic heterocycles. The van der Waals surface area contributed by atoms with E-state index in [4.69, 9.17) is 11.6 Å². The number of hydrogen-bond donors (Lipinski definition) is 2. The van der Waals surface area contributed by atoms with Crippen molar-refractivity contribution in [3.8, 4) is 6.07 Å². The van der Waals surface area contributed by atoms with E-state index < -0.39 is 23.7 Å². The molecule has 1 aromatic carbocycles. The number of aryl methyl sites for hydroxylation is 1. The monoisotopic (exact) mass is 485 g/mol. The highest BCUT2D eigenvalue weighted by atomic mass is 35.5. The average molecular weight is 486 g/mol. The molecule has 1 aromatic heterocycles. The number of hydrogen-bond acceptors (Lipinski definition) is 6. The number of esters is 1. The lowest BCUT2D eigenvalue weighted by Gasteiger charge is -2.34. The van der Waals surface area contributed by atoms with E-state index in [2.05, 4.69) is 10.1 Å². The average Bonchev–Trinajstić information content (AvgIpc) is 2.90. The minimum absolute atomic E-state index is 0.0465. The lowest BCUT2D eigenvalue weighted by Crippen LogP contribution is -2.69. The van der Waals surface area contributed by atoms with Gasteiger partial charge < -0.3 is 15.4 Å². The Kier molecular flexibility index (Phi) is 7.00. The molecule has 0 spiro atoms. The summed E-state index contributed by atoms with van der Waals surface area (Å²) in [6.45, 7) is 0. The molecule has 2 N–H and O–H groups in total. The highest BCUT2D eigenvalue weighted by molar-refractivity contribution is 7.16. The van der Waals surface area contributed by atoms with Crippen molar-refractivity contribution in [3.63, 3.8) is 0 Å². The quantitative estimate of drug-likeness (QED) is 0.360. The summed E-state index contributed by atoms with van der Waals surface area (Å²) in [7, 11) is 0.785. The molecule has 0 fully saturated rings. The Labute approximate surface area is 191 Å². The predicted molar refractivity (Wildman–Crippen MR) is 114 cm³/mol. The number of amides is 1. The number of carbonyl (C=O) groups is 2. The van der Waals surface area contributed by atoms with Crippen molar-refractivity contribution in [2.24, 2.45) is 0 Å². The van der Waals surface area contributed by atoms with Crippen molar-refractivity contribution >= 4 is 39.8 Å². The Morgan fingerprint density at radius 2 is 1.81 bits per heavy atom. The molecule has 11 heteroatoms. The number of nitrogens with zero attached hydrogens (tertiary/aromatic N) is 1. The second kappa shape index (κ2) is 9.38. The summed E-state index contributed by atoms with van der Waals surface area (Å²) in [5.74, 6) is -2.94. The van der Waals surface area contributed by atoms with E-state index in [-0.39, 0.29) is 21.2 Å². The van der Waals surface area contributed by atoms with Gasteiger partial charge in [0.2, 0.25) is 0 Å². The van der Waals surface area contributed by atoms with Gasteiger partial charge in [-0.1, -0.05) is 18.0 Å². The third kappa shape index (κ3) is 4.54. The summed E-state index contributed by atoms with van der Waals surface area (Å²) in [5, 5.41) is 13.7. The fraction of sp³-hybridized carbons (Fsp3) is 0.381. The number of nitriles is 1. The van der Waals surface area contributed by atoms with Crippen molar-refractivity contribution in [1.82, 2.24) is 5.32 Å². The third-order valence-electron chi connectivity index (χ3n) is 5.16. The number of benzene rings is 1. The fourth-order valence-corrected chi connectivity index (χ4v) is 4.93. The van der Waals surface area contributed by atoms with E-state index in [9.17, 15) is 28.0 Å². The van der Waals surface area contributed by atoms with Crippen LogP contribution in [0.25, 0.3) is 0 Å². The van der Waals surface area contributed by atoms with Gasteiger partial charge in [0.25, 0.3) is 5.91 Å². The van der Waals surface area contributed by atoms with Crippen LogP contribution in [-0.4, -0.2) is 30.8 Å². The highest BCUT2D eigenvalue weighted by Crippen LogP contribution is 2.41. The summed E-state index contributed by atoms with van der Waals surface area (Å²) >= 11 is 6.75. The van der Waals surface area contributed by atoms with Crippen molar-refractivity contribution in [2.75, 3.05) is 12.4 Å². The summed E-state index contributed by atoms with van der Waals surface area (Å²) in [5.41, 5.74) is -3.02. The lowest BCUT2D eigenvalue weighted by molar-refractivity contribution is -0.203. The smallest absolute Gasteiger partial charge is 0.441 e. The van der Waals surface area contributed by atoms with Crippen LogP contribution in [-0.2, 0) is 22.4 Å². The molecule has 3 rings (SSSR count). The molecule has 1 atom stereocenters. The van der Waals surface area contributed by atoms with Crippen LogP contribution in [0.3, 0.4) is 0 Å². The zero-order valence-corrected chi connectivity index (χ0v) is 18.5. The maximum Gasteiger partial charge on any atom is 0.441 e. The molecule has 0 bridgehead atoms. The summed E-state index contributed by atoms with van der Waals surface area (Å²) in [4.78, 5) is 25.9. The number of fused-ring (bicyclic) bond motifs is 1. The number of anilines is 1. The van der Waals surface area contributed by atoms with Gasteiger partial charge in [-0.3, -0.25) is 4.79 Å². The molecule has 32 heavy (non-hydrogen) atoms. The number of halogens is 4. The Morgan fingerprint density at radius 3 is 2.41 bits per heavy atom. The molecule has 1 heterocycles. The van der Waals surface area contributed by atoms with Crippen LogP contribution >= 0.6 is 22.9 Å². The van der Waals surface area contributed by atoms with Crippen molar-refractivity contribution in [1.29, 1.82) is 5.26 Å². The van der Waals surface area contributed by atoms with Crippen LogP contribution in [0.4, 0.5) is 18.2 Å². The number of rotatable bonds is 5. The summed E-state index contributed by atoms with van der Waals surface area (Å²) < 4.78 is 47.5. The largest absolute Gasteiger partial charge is 0.466 e. The van der Waals surface area contributed by atoms with Crippen LogP contribution in [0.15, 0.2) is 24.3 Å². The van der Waals surface area contributed by atoms with E-state index in [1.54, 1.807) is 5.32 Å². The number of carbonyl (C=O) groups excluding carboxylic acids is 2. The standard InChI is InChI=1S/C21H19ClF3N3O3S/c1-31-19(30)20(21(23,24)25,27-17(29)12-7-9-13(22)10-8-12)28-18-15(11-26)14-5-3-2-4-6-16(14)32-18/h7-10,28H,2-6H2,1H3,(H,27,29)/t20-/m0/s1. The maximum absolute atomic E-state index is 14.3. The normalized spacial score (nSPS) is 15.5. The van der Waals surface area contributed by atoms with Crippen molar-refractivity contribution < 1.29 is 27.5 Å². The van der Waals surface area contributed by atoms with Gasteiger partial charge in [0.05, 0.1) is 12.7 Å². The minimum Gasteiger partial charge on any atom is -0.466 e. The molecule has 0 saturated carbocycles. The fourth-order valence-electron chi connectivity index (χ4n) is 3.51. The SMILES string of the molecule is COC(=O)[C@](NC(=O)c1ccc(Cl)cc1)(Nc1sc2c(c1C#N)CCCCC2)C(F)(F)F. The zero-order valence-electron chi connectivity index (χ0n) is 16.9. The first-order chi connectivity index (χ1) is 15.1. The third-order valence-corrected chi connectivity index (χ3v) is 6.62. The van der Waals surface area contributed by atoms with Gasteiger partial charge in [-0.25, -0.2) is 4.79 Å². The Bertz CT molecular complexity index is 1060. The molecule has 1 aliphatic carbocycles. The molecule has 1 aliphatic rings. The van der Waals surface area contributed by atoms with Gasteiger partial charge in [-0.05, 0) is 55.5 Å². The molecule has 6 nitrogen and oxygen atoms in total. The molecule has 170 valence electrons. The maximum atomic E-state index is 14.3. The summed E-state index contributed by atoms with van der Waals surface area (Å²) in [6, 6.07) is 7.08. The van der Waals surface area contributed by atoms with Crippen molar-refractivity contribution in [3.05, 3.63) is 50.9 Å². The zero-order chi connectivity index (χ0) is 23.5.